The Hall–Kier alpha value is -2.02. The molecule has 0 aliphatic heterocycles. The number of hydrogen-bond acceptors (Lipinski definition) is 4. The third-order valence-corrected chi connectivity index (χ3v) is 1.60. The molecule has 1 aromatic carbocycles. The van der Waals surface area contributed by atoms with Gasteiger partial charge >= 0.3 is 0 Å². The number of nitrogens with two attached hydrogens (primary N) is 1. The second kappa shape index (κ2) is 3.59. The highest BCUT2D eigenvalue weighted by Gasteiger charge is 2.08. The molecule has 4 heteroatoms. The number of anilines is 1. The van der Waals surface area contributed by atoms with Crippen LogP contribution in [0.3, 0.4) is 0 Å². The zero-order valence-electron chi connectivity index (χ0n) is 7.07. The number of nitrogen functional groups attached to an aromatic ring is 1. The Bertz CT molecular complexity index is 380. The average molecular weight is 176 g/mol. The van der Waals surface area contributed by atoms with Crippen molar-refractivity contribution < 1.29 is 9.53 Å². The lowest BCUT2D eigenvalue weighted by molar-refractivity contribution is 0.112. The quantitative estimate of drug-likeness (QED) is 0.537. The third kappa shape index (κ3) is 1.59. The van der Waals surface area contributed by atoms with Gasteiger partial charge in [-0.1, -0.05) is 0 Å². The number of methoxy groups -OCH3 is 1. The van der Waals surface area contributed by atoms with E-state index < -0.39 is 0 Å². The van der Waals surface area contributed by atoms with Gasteiger partial charge in [0.1, 0.15) is 12.4 Å². The van der Waals surface area contributed by atoms with Crippen LogP contribution in [0.15, 0.2) is 12.1 Å². The van der Waals surface area contributed by atoms with Gasteiger partial charge < -0.3 is 10.5 Å². The van der Waals surface area contributed by atoms with Crippen molar-refractivity contribution in [3.05, 3.63) is 23.3 Å². The molecule has 0 spiro atoms. The Morgan fingerprint density at radius 1 is 1.62 bits per heavy atom. The summed E-state index contributed by atoms with van der Waals surface area (Å²) in [6.45, 7) is 0. The molecule has 0 amide bonds. The maximum atomic E-state index is 10.4. The van der Waals surface area contributed by atoms with Crippen LogP contribution >= 0.6 is 0 Å². The number of hydrogen-bond donors (Lipinski definition) is 1. The van der Waals surface area contributed by atoms with Crippen LogP contribution in [0.1, 0.15) is 15.9 Å². The highest BCUT2D eigenvalue weighted by molar-refractivity contribution is 5.80. The summed E-state index contributed by atoms with van der Waals surface area (Å²) in [4.78, 5) is 10.4. The summed E-state index contributed by atoms with van der Waals surface area (Å²) >= 11 is 0. The summed E-state index contributed by atoms with van der Waals surface area (Å²) in [5.74, 6) is 0.313. The van der Waals surface area contributed by atoms with Crippen LogP contribution in [-0.2, 0) is 0 Å². The fraction of sp³-hybridized carbons (Fsp3) is 0.111. The molecule has 0 saturated carbocycles. The number of ether oxygens (including phenoxy) is 1. The molecule has 0 aromatic heterocycles. The lowest BCUT2D eigenvalue weighted by Gasteiger charge is -2.06. The number of carbonyl (C=O) groups is 1. The van der Waals surface area contributed by atoms with E-state index in [0.717, 1.165) is 0 Å². The van der Waals surface area contributed by atoms with Crippen molar-refractivity contribution in [3.63, 3.8) is 0 Å². The zero-order valence-corrected chi connectivity index (χ0v) is 7.07. The standard InChI is InChI=1S/C9H8N2O2/c1-13-9-7(4-10)2-6(5-12)3-8(9)11/h2-3,5H,11H2,1H3. The van der Waals surface area contributed by atoms with Gasteiger partial charge in [-0.2, -0.15) is 5.26 Å². The maximum Gasteiger partial charge on any atom is 0.159 e. The van der Waals surface area contributed by atoms with Gasteiger partial charge in [0.2, 0.25) is 0 Å². The topological polar surface area (TPSA) is 76.1 Å². The lowest BCUT2D eigenvalue weighted by atomic mass is 10.1. The molecule has 0 atom stereocenters. The first-order chi connectivity index (χ1) is 6.22. The molecule has 0 unspecified atom stereocenters. The highest BCUT2D eigenvalue weighted by atomic mass is 16.5. The van der Waals surface area contributed by atoms with Crippen molar-refractivity contribution in [1.29, 1.82) is 5.26 Å². The molecule has 13 heavy (non-hydrogen) atoms. The van der Waals surface area contributed by atoms with Crippen molar-refractivity contribution in [2.75, 3.05) is 12.8 Å². The smallest absolute Gasteiger partial charge is 0.159 e. The Kier molecular flexibility index (Phi) is 2.50. The molecule has 2 N–H and O–H groups in total. The van der Waals surface area contributed by atoms with Gasteiger partial charge in [-0.15, -0.1) is 0 Å². The summed E-state index contributed by atoms with van der Waals surface area (Å²) in [6, 6.07) is 4.80. The highest BCUT2D eigenvalue weighted by Crippen LogP contribution is 2.26. The molecule has 0 saturated heterocycles. The van der Waals surface area contributed by atoms with E-state index in [2.05, 4.69) is 0 Å². The molecule has 4 nitrogen and oxygen atoms in total. The monoisotopic (exact) mass is 176 g/mol. The molecule has 1 aromatic rings. The van der Waals surface area contributed by atoms with E-state index in [1.54, 1.807) is 0 Å². The first-order valence-corrected chi connectivity index (χ1v) is 3.55. The molecule has 0 bridgehead atoms. The van der Waals surface area contributed by atoms with Crippen molar-refractivity contribution >= 4 is 12.0 Å². The second-order valence-electron chi connectivity index (χ2n) is 2.42. The lowest BCUT2D eigenvalue weighted by Crippen LogP contribution is -1.97. The molecular weight excluding hydrogens is 168 g/mol. The number of rotatable bonds is 2. The number of nitrogens with zero attached hydrogens (tertiary/aromatic N) is 1. The Morgan fingerprint density at radius 3 is 2.77 bits per heavy atom. The maximum absolute atomic E-state index is 10.4. The van der Waals surface area contributed by atoms with E-state index in [1.807, 2.05) is 6.07 Å². The zero-order chi connectivity index (χ0) is 9.84. The molecule has 0 aliphatic rings. The van der Waals surface area contributed by atoms with Gasteiger partial charge in [-0.05, 0) is 12.1 Å². The van der Waals surface area contributed by atoms with E-state index in [0.29, 0.717) is 23.3 Å². The molecule has 1 rings (SSSR count). The average Bonchev–Trinajstić information content (AvgIpc) is 2.16. The number of benzene rings is 1. The van der Waals surface area contributed by atoms with Crippen LogP contribution in [0.25, 0.3) is 0 Å². The predicted octanol–water partition coefficient (Wildman–Crippen LogP) is 0.962. The van der Waals surface area contributed by atoms with Crippen LogP contribution < -0.4 is 10.5 Å². The van der Waals surface area contributed by atoms with Crippen molar-refractivity contribution in [2.24, 2.45) is 0 Å². The number of carbonyl (C=O) groups excluding carboxylic acids is 1. The van der Waals surface area contributed by atoms with Crippen molar-refractivity contribution in [1.82, 2.24) is 0 Å². The fourth-order valence-electron chi connectivity index (χ4n) is 1.05. The molecule has 0 heterocycles. The van der Waals surface area contributed by atoms with E-state index in [-0.39, 0.29) is 5.56 Å². The van der Waals surface area contributed by atoms with Crippen LogP contribution in [0.2, 0.25) is 0 Å². The number of aldehydes is 1. The minimum absolute atomic E-state index is 0.268. The van der Waals surface area contributed by atoms with E-state index in [4.69, 9.17) is 15.7 Å². The molecular formula is C9H8N2O2. The van der Waals surface area contributed by atoms with Gasteiger partial charge in [-0.25, -0.2) is 0 Å². The van der Waals surface area contributed by atoms with Gasteiger partial charge in [-0.3, -0.25) is 4.79 Å². The number of nitriles is 1. The van der Waals surface area contributed by atoms with E-state index in [1.165, 1.54) is 19.2 Å². The predicted molar refractivity (Wildman–Crippen MR) is 47.5 cm³/mol. The van der Waals surface area contributed by atoms with Gasteiger partial charge in [0, 0.05) is 5.56 Å². The molecule has 0 fully saturated rings. The van der Waals surface area contributed by atoms with Crippen molar-refractivity contribution in [2.45, 2.75) is 0 Å². The Labute approximate surface area is 75.5 Å². The van der Waals surface area contributed by atoms with Crippen LogP contribution in [0.4, 0.5) is 5.69 Å². The largest absolute Gasteiger partial charge is 0.493 e. The minimum atomic E-state index is 0.268. The first-order valence-electron chi connectivity index (χ1n) is 3.55. The van der Waals surface area contributed by atoms with Crippen LogP contribution in [-0.4, -0.2) is 13.4 Å². The molecule has 66 valence electrons. The summed E-state index contributed by atoms with van der Waals surface area (Å²) in [5, 5.41) is 8.69. The summed E-state index contributed by atoms with van der Waals surface area (Å²) in [6.07, 6.45) is 0.636. The molecule has 0 radical (unpaired) electrons. The van der Waals surface area contributed by atoms with Gasteiger partial charge in [0.05, 0.1) is 18.4 Å². The normalized spacial score (nSPS) is 8.92. The van der Waals surface area contributed by atoms with Crippen LogP contribution in [0.5, 0.6) is 5.75 Å². The first kappa shape index (κ1) is 9.07. The second-order valence-corrected chi connectivity index (χ2v) is 2.42. The van der Waals surface area contributed by atoms with Crippen molar-refractivity contribution in [3.8, 4) is 11.8 Å². The van der Waals surface area contributed by atoms with Crippen LogP contribution in [0, 0.1) is 11.3 Å². The summed E-state index contributed by atoms with van der Waals surface area (Å²) in [5.41, 5.74) is 6.48. The van der Waals surface area contributed by atoms with Gasteiger partial charge in [0.15, 0.2) is 5.75 Å². The summed E-state index contributed by atoms with van der Waals surface area (Å²) < 4.78 is 4.90. The SMILES string of the molecule is COc1c(N)cc(C=O)cc1C#N. The van der Waals surface area contributed by atoms with E-state index >= 15 is 0 Å². The minimum Gasteiger partial charge on any atom is -0.493 e. The third-order valence-electron chi connectivity index (χ3n) is 1.60. The summed E-state index contributed by atoms with van der Waals surface area (Å²) in [7, 11) is 1.42. The van der Waals surface area contributed by atoms with Gasteiger partial charge in [0.25, 0.3) is 0 Å². The Morgan fingerprint density at radius 2 is 2.31 bits per heavy atom. The Balaban J connectivity index is 3.39. The molecule has 0 aliphatic carbocycles. The van der Waals surface area contributed by atoms with E-state index in [9.17, 15) is 4.79 Å². The fourth-order valence-corrected chi connectivity index (χ4v) is 1.05.